The summed E-state index contributed by atoms with van der Waals surface area (Å²) in [5.41, 5.74) is -3.08. The van der Waals surface area contributed by atoms with Gasteiger partial charge in [0.15, 0.2) is 0 Å². The van der Waals surface area contributed by atoms with Crippen LogP contribution in [0.2, 0.25) is 5.02 Å². The van der Waals surface area contributed by atoms with E-state index in [1.807, 2.05) is 4.98 Å². The Kier molecular flexibility index (Phi) is 2.85. The molecule has 0 aliphatic heterocycles. The molecule has 0 atom stereocenters. The molecule has 1 rings (SSSR count). The average Bonchev–Trinajstić information content (AvgIpc) is 2.07. The van der Waals surface area contributed by atoms with Crippen LogP contribution >= 0.6 is 11.6 Å². The van der Waals surface area contributed by atoms with E-state index < -0.39 is 34.1 Å². The summed E-state index contributed by atoms with van der Waals surface area (Å²) in [5, 5.41) is 8.03. The third-order valence-electron chi connectivity index (χ3n) is 1.52. The Labute approximate surface area is 81.1 Å². The van der Waals surface area contributed by atoms with Crippen LogP contribution in [0.4, 0.5) is 8.78 Å². The number of aromatic carboxylic acids is 1. The molecule has 0 radical (unpaired) electrons. The number of pyridine rings is 1. The summed E-state index contributed by atoms with van der Waals surface area (Å²) in [6, 6.07) is 0. The number of carboxylic acid groups (broad SMARTS) is 1. The standard InChI is InChI=1S/C7H4ClF2NO3/c8-2-1-11-6(12)4(7(13)14)3(2)5(9)10/h1,5H,(H,11,12)(H,13,14). The van der Waals surface area contributed by atoms with Crippen molar-refractivity contribution in [2.45, 2.75) is 6.43 Å². The van der Waals surface area contributed by atoms with E-state index in [1.165, 1.54) is 0 Å². The highest BCUT2D eigenvalue weighted by Crippen LogP contribution is 2.27. The van der Waals surface area contributed by atoms with Crippen LogP contribution in [0.1, 0.15) is 22.3 Å². The highest BCUT2D eigenvalue weighted by Gasteiger charge is 2.24. The molecule has 0 aliphatic carbocycles. The maximum atomic E-state index is 12.3. The third kappa shape index (κ3) is 1.74. The van der Waals surface area contributed by atoms with Gasteiger partial charge in [0.1, 0.15) is 5.56 Å². The molecule has 76 valence electrons. The molecule has 0 saturated carbocycles. The SMILES string of the molecule is O=C(O)c1c(C(F)F)c(Cl)c[nH]c1=O. The molecule has 1 aromatic heterocycles. The lowest BCUT2D eigenvalue weighted by atomic mass is 10.1. The fraction of sp³-hybridized carbons (Fsp3) is 0.143. The quantitative estimate of drug-likeness (QED) is 0.801. The number of rotatable bonds is 2. The molecule has 1 heterocycles. The summed E-state index contributed by atoms with van der Waals surface area (Å²) in [6.07, 6.45) is -2.27. The molecule has 0 unspecified atom stereocenters. The van der Waals surface area contributed by atoms with Gasteiger partial charge < -0.3 is 10.1 Å². The van der Waals surface area contributed by atoms with Crippen LogP contribution in [0, 0.1) is 0 Å². The maximum Gasteiger partial charge on any atom is 0.341 e. The van der Waals surface area contributed by atoms with Gasteiger partial charge in [-0.3, -0.25) is 4.79 Å². The maximum absolute atomic E-state index is 12.3. The van der Waals surface area contributed by atoms with Crippen LogP contribution in [0.25, 0.3) is 0 Å². The van der Waals surface area contributed by atoms with Crippen LogP contribution in [-0.4, -0.2) is 16.1 Å². The number of aromatic nitrogens is 1. The van der Waals surface area contributed by atoms with Crippen molar-refractivity contribution in [3.05, 3.63) is 32.7 Å². The molecule has 0 fully saturated rings. The summed E-state index contributed by atoms with van der Waals surface area (Å²) in [4.78, 5) is 23.3. The Morgan fingerprint density at radius 3 is 2.50 bits per heavy atom. The minimum atomic E-state index is -3.10. The first-order valence-electron chi connectivity index (χ1n) is 3.37. The van der Waals surface area contributed by atoms with E-state index in [1.54, 1.807) is 0 Å². The monoisotopic (exact) mass is 223 g/mol. The number of halogens is 3. The lowest BCUT2D eigenvalue weighted by Crippen LogP contribution is -2.20. The molecule has 0 bridgehead atoms. The Bertz CT molecular complexity index is 429. The van der Waals surface area contributed by atoms with E-state index in [4.69, 9.17) is 16.7 Å². The lowest BCUT2D eigenvalue weighted by molar-refractivity contribution is 0.0682. The van der Waals surface area contributed by atoms with E-state index in [9.17, 15) is 18.4 Å². The first kappa shape index (κ1) is 10.6. The number of H-pyrrole nitrogens is 1. The van der Waals surface area contributed by atoms with E-state index in [0.717, 1.165) is 6.20 Å². The van der Waals surface area contributed by atoms with Crippen molar-refractivity contribution in [2.24, 2.45) is 0 Å². The largest absolute Gasteiger partial charge is 0.477 e. The molecule has 0 aliphatic rings. The predicted octanol–water partition coefficient (Wildman–Crippen LogP) is 1.66. The lowest BCUT2D eigenvalue weighted by Gasteiger charge is -2.05. The highest BCUT2D eigenvalue weighted by molar-refractivity contribution is 6.31. The van der Waals surface area contributed by atoms with Gasteiger partial charge in [0.25, 0.3) is 12.0 Å². The predicted molar refractivity (Wildman–Crippen MR) is 44.0 cm³/mol. The van der Waals surface area contributed by atoms with Gasteiger partial charge in [0.05, 0.1) is 10.6 Å². The number of hydrogen-bond acceptors (Lipinski definition) is 2. The van der Waals surface area contributed by atoms with Crippen molar-refractivity contribution in [2.75, 3.05) is 0 Å². The van der Waals surface area contributed by atoms with E-state index in [0.29, 0.717) is 0 Å². The number of nitrogens with one attached hydrogen (secondary N) is 1. The smallest absolute Gasteiger partial charge is 0.341 e. The van der Waals surface area contributed by atoms with Crippen molar-refractivity contribution >= 4 is 17.6 Å². The highest BCUT2D eigenvalue weighted by atomic mass is 35.5. The van der Waals surface area contributed by atoms with Crippen molar-refractivity contribution in [3.63, 3.8) is 0 Å². The van der Waals surface area contributed by atoms with E-state index in [-0.39, 0.29) is 0 Å². The Hall–Kier alpha value is -1.43. The van der Waals surface area contributed by atoms with Gasteiger partial charge in [0, 0.05) is 6.20 Å². The molecule has 7 heteroatoms. The molecular formula is C7H4ClF2NO3. The summed E-state index contributed by atoms with van der Waals surface area (Å²) in [7, 11) is 0. The van der Waals surface area contributed by atoms with Crippen LogP contribution in [-0.2, 0) is 0 Å². The first-order chi connectivity index (χ1) is 6.45. The summed E-state index contributed by atoms with van der Waals surface area (Å²) < 4.78 is 24.7. The third-order valence-corrected chi connectivity index (χ3v) is 1.83. The van der Waals surface area contributed by atoms with Crippen molar-refractivity contribution < 1.29 is 18.7 Å². The topological polar surface area (TPSA) is 70.2 Å². The number of alkyl halides is 2. The van der Waals surface area contributed by atoms with Crippen LogP contribution in [0.15, 0.2) is 11.0 Å². The second-order valence-corrected chi connectivity index (χ2v) is 2.77. The summed E-state index contributed by atoms with van der Waals surface area (Å²) in [6.45, 7) is 0. The molecule has 1 aromatic rings. The van der Waals surface area contributed by atoms with Crippen molar-refractivity contribution in [1.82, 2.24) is 4.98 Å². The Balaban J connectivity index is 3.58. The van der Waals surface area contributed by atoms with Crippen LogP contribution in [0.5, 0.6) is 0 Å². The fourth-order valence-electron chi connectivity index (χ4n) is 0.946. The molecule has 0 amide bonds. The van der Waals surface area contributed by atoms with Crippen LogP contribution in [0.3, 0.4) is 0 Å². The Morgan fingerprint density at radius 1 is 1.57 bits per heavy atom. The van der Waals surface area contributed by atoms with Gasteiger partial charge in [0.2, 0.25) is 0 Å². The fourth-order valence-corrected chi connectivity index (χ4v) is 1.18. The van der Waals surface area contributed by atoms with Gasteiger partial charge in [-0.05, 0) is 0 Å². The van der Waals surface area contributed by atoms with Gasteiger partial charge in [-0.15, -0.1) is 0 Å². The van der Waals surface area contributed by atoms with Crippen molar-refractivity contribution in [3.8, 4) is 0 Å². The number of carbonyl (C=O) groups is 1. The minimum absolute atomic E-state index is 0.475. The van der Waals surface area contributed by atoms with Gasteiger partial charge in [-0.1, -0.05) is 11.6 Å². The number of hydrogen-bond donors (Lipinski definition) is 2. The molecule has 4 nitrogen and oxygen atoms in total. The zero-order valence-electron chi connectivity index (χ0n) is 6.55. The Morgan fingerprint density at radius 2 is 2.14 bits per heavy atom. The summed E-state index contributed by atoms with van der Waals surface area (Å²) in [5.74, 6) is -1.73. The molecule has 0 saturated heterocycles. The minimum Gasteiger partial charge on any atom is -0.477 e. The molecule has 2 N–H and O–H groups in total. The zero-order chi connectivity index (χ0) is 10.9. The first-order valence-corrected chi connectivity index (χ1v) is 3.75. The molecule has 0 spiro atoms. The van der Waals surface area contributed by atoms with E-state index in [2.05, 4.69) is 0 Å². The van der Waals surface area contributed by atoms with Gasteiger partial charge in [-0.25, -0.2) is 13.6 Å². The zero-order valence-corrected chi connectivity index (χ0v) is 7.31. The second-order valence-electron chi connectivity index (χ2n) is 2.36. The normalized spacial score (nSPS) is 10.6. The van der Waals surface area contributed by atoms with Gasteiger partial charge >= 0.3 is 5.97 Å². The summed E-state index contributed by atoms with van der Waals surface area (Å²) >= 11 is 5.33. The molecular weight excluding hydrogens is 220 g/mol. The molecule has 14 heavy (non-hydrogen) atoms. The van der Waals surface area contributed by atoms with Crippen LogP contribution < -0.4 is 5.56 Å². The van der Waals surface area contributed by atoms with Crippen molar-refractivity contribution in [1.29, 1.82) is 0 Å². The second kappa shape index (κ2) is 3.75. The van der Waals surface area contributed by atoms with Gasteiger partial charge in [-0.2, -0.15) is 0 Å². The van der Waals surface area contributed by atoms with E-state index >= 15 is 0 Å². The molecule has 0 aromatic carbocycles. The number of carboxylic acids is 1. The average molecular weight is 224 g/mol. The number of aromatic amines is 1.